The molecule has 0 aliphatic rings. The Labute approximate surface area is 169 Å². The third kappa shape index (κ3) is 3.95. The van der Waals surface area contributed by atoms with E-state index in [1.165, 1.54) is 42.2 Å². The zero-order valence-electron chi connectivity index (χ0n) is 16.5. The number of hydrogen-bond acceptors (Lipinski definition) is 5. The molecule has 0 fully saturated rings. The summed E-state index contributed by atoms with van der Waals surface area (Å²) in [6, 6.07) is 11.0. The van der Waals surface area contributed by atoms with Crippen molar-refractivity contribution >= 4 is 27.4 Å². The van der Waals surface area contributed by atoms with E-state index in [-0.39, 0.29) is 22.0 Å². The number of aromatic hydroxyl groups is 1. The van der Waals surface area contributed by atoms with Crippen LogP contribution in [0.15, 0.2) is 53.6 Å². The minimum absolute atomic E-state index is 0.0893. The van der Waals surface area contributed by atoms with Gasteiger partial charge in [0.05, 0.1) is 11.1 Å². The summed E-state index contributed by atoms with van der Waals surface area (Å²) in [5.74, 6) is -0.279. The number of hydrogen-bond donors (Lipinski definition) is 2. The lowest BCUT2D eigenvalue weighted by molar-refractivity contribution is 0.102. The van der Waals surface area contributed by atoms with Gasteiger partial charge in [0, 0.05) is 19.8 Å². The number of phenols is 1. The Hall–Kier alpha value is -3.33. The summed E-state index contributed by atoms with van der Waals surface area (Å²) in [6.07, 6.45) is 1.32. The van der Waals surface area contributed by atoms with E-state index in [0.717, 1.165) is 9.87 Å². The Kier molecular flexibility index (Phi) is 5.34. The highest BCUT2D eigenvalue weighted by Gasteiger charge is 2.28. The molecule has 1 heterocycles. The predicted octanol–water partition coefficient (Wildman–Crippen LogP) is 2.82. The smallest absolute Gasteiger partial charge is 0.265 e. The van der Waals surface area contributed by atoms with Crippen LogP contribution in [-0.2, 0) is 17.1 Å². The summed E-state index contributed by atoms with van der Waals surface area (Å²) in [6.45, 7) is 3.61. The molecule has 0 atom stereocenters. The van der Waals surface area contributed by atoms with Crippen molar-refractivity contribution in [2.24, 2.45) is 7.05 Å². The van der Waals surface area contributed by atoms with Gasteiger partial charge in [0.15, 0.2) is 5.82 Å². The zero-order valence-corrected chi connectivity index (χ0v) is 17.4. The normalized spacial score (nSPS) is 11.3. The molecule has 0 saturated heterocycles. The monoisotopic (exact) mass is 414 g/mol. The molecular weight excluding hydrogens is 392 g/mol. The minimum atomic E-state index is -3.88. The van der Waals surface area contributed by atoms with Crippen molar-refractivity contribution in [1.82, 2.24) is 9.78 Å². The summed E-state index contributed by atoms with van der Waals surface area (Å²) < 4.78 is 28.5. The maximum Gasteiger partial charge on any atom is 0.265 e. The van der Waals surface area contributed by atoms with Crippen LogP contribution in [0.2, 0.25) is 0 Å². The molecule has 2 N–H and O–H groups in total. The van der Waals surface area contributed by atoms with E-state index < -0.39 is 15.9 Å². The van der Waals surface area contributed by atoms with E-state index in [4.69, 9.17) is 0 Å². The van der Waals surface area contributed by atoms with Gasteiger partial charge in [-0.15, -0.1) is 0 Å². The summed E-state index contributed by atoms with van der Waals surface area (Å²) >= 11 is 0. The first-order valence-electron chi connectivity index (χ1n) is 8.80. The van der Waals surface area contributed by atoms with Gasteiger partial charge in [0.2, 0.25) is 0 Å². The van der Waals surface area contributed by atoms with Crippen LogP contribution in [0.25, 0.3) is 0 Å². The Morgan fingerprint density at radius 1 is 1.14 bits per heavy atom. The maximum atomic E-state index is 13.0. The Morgan fingerprint density at radius 2 is 1.79 bits per heavy atom. The highest BCUT2D eigenvalue weighted by Crippen LogP contribution is 2.27. The molecule has 2 aromatic carbocycles. The third-order valence-electron chi connectivity index (χ3n) is 4.59. The average Bonchev–Trinajstić information content (AvgIpc) is 3.05. The van der Waals surface area contributed by atoms with Crippen molar-refractivity contribution in [2.75, 3.05) is 16.7 Å². The average molecular weight is 414 g/mol. The SMILES string of the molecule is Cc1ccc(S(=O)(=O)N(C)c2c(C(=O)Nc3ccc(O)cc3C)cnn2C)cc1. The van der Waals surface area contributed by atoms with Gasteiger partial charge >= 0.3 is 0 Å². The van der Waals surface area contributed by atoms with E-state index in [0.29, 0.717) is 11.3 Å². The molecule has 8 nitrogen and oxygen atoms in total. The van der Waals surface area contributed by atoms with Gasteiger partial charge in [-0.25, -0.2) is 8.42 Å². The number of phenolic OH excluding ortho intramolecular Hbond substituents is 1. The summed E-state index contributed by atoms with van der Waals surface area (Å²) in [7, 11) is -0.932. The first-order chi connectivity index (χ1) is 13.6. The van der Waals surface area contributed by atoms with Gasteiger partial charge in [0.1, 0.15) is 11.3 Å². The van der Waals surface area contributed by atoms with Crippen molar-refractivity contribution < 1.29 is 18.3 Å². The second-order valence-corrected chi connectivity index (χ2v) is 8.71. The van der Waals surface area contributed by atoms with Crippen LogP contribution in [0.5, 0.6) is 5.75 Å². The fraction of sp³-hybridized carbons (Fsp3) is 0.200. The number of benzene rings is 2. The first kappa shape index (κ1) is 20.4. The summed E-state index contributed by atoms with van der Waals surface area (Å²) in [4.78, 5) is 13.0. The van der Waals surface area contributed by atoms with Crippen LogP contribution in [0, 0.1) is 13.8 Å². The number of sulfonamides is 1. The Balaban J connectivity index is 1.96. The Bertz CT molecular complexity index is 1170. The van der Waals surface area contributed by atoms with Crippen molar-refractivity contribution in [3.05, 3.63) is 65.4 Å². The van der Waals surface area contributed by atoms with Gasteiger partial charge in [-0.3, -0.25) is 13.8 Å². The third-order valence-corrected chi connectivity index (χ3v) is 6.35. The van der Waals surface area contributed by atoms with Crippen LogP contribution in [0.1, 0.15) is 21.5 Å². The molecule has 152 valence electrons. The molecule has 0 saturated carbocycles. The molecule has 0 radical (unpaired) electrons. The molecule has 1 aromatic heterocycles. The van der Waals surface area contributed by atoms with Crippen molar-refractivity contribution in [1.29, 1.82) is 0 Å². The molecule has 3 rings (SSSR count). The summed E-state index contributed by atoms with van der Waals surface area (Å²) in [5, 5.41) is 16.3. The topological polar surface area (TPSA) is 105 Å². The van der Waals surface area contributed by atoms with Crippen LogP contribution >= 0.6 is 0 Å². The largest absolute Gasteiger partial charge is 0.508 e. The number of aromatic nitrogens is 2. The lowest BCUT2D eigenvalue weighted by Crippen LogP contribution is -2.30. The van der Waals surface area contributed by atoms with E-state index >= 15 is 0 Å². The molecule has 0 spiro atoms. The molecule has 0 bridgehead atoms. The fourth-order valence-electron chi connectivity index (χ4n) is 2.92. The second kappa shape index (κ2) is 7.59. The minimum Gasteiger partial charge on any atom is -0.508 e. The quantitative estimate of drug-likeness (QED) is 0.625. The number of rotatable bonds is 5. The molecule has 29 heavy (non-hydrogen) atoms. The number of nitrogens with zero attached hydrogens (tertiary/aromatic N) is 3. The van der Waals surface area contributed by atoms with Crippen LogP contribution in [-0.4, -0.2) is 36.3 Å². The van der Waals surface area contributed by atoms with Gasteiger partial charge < -0.3 is 10.4 Å². The number of carbonyl (C=O) groups excluding carboxylic acids is 1. The van der Waals surface area contributed by atoms with Gasteiger partial charge in [-0.05, 0) is 49.7 Å². The highest BCUT2D eigenvalue weighted by molar-refractivity contribution is 7.92. The number of carbonyl (C=O) groups is 1. The summed E-state index contributed by atoms with van der Waals surface area (Å²) in [5.41, 5.74) is 2.23. The molecule has 0 aliphatic carbocycles. The van der Waals surface area contributed by atoms with E-state index in [1.54, 1.807) is 32.2 Å². The van der Waals surface area contributed by atoms with Crippen molar-refractivity contribution in [3.63, 3.8) is 0 Å². The van der Waals surface area contributed by atoms with Crippen LogP contribution in [0.4, 0.5) is 11.5 Å². The number of aryl methyl sites for hydroxylation is 3. The molecule has 9 heteroatoms. The van der Waals surface area contributed by atoms with E-state index in [9.17, 15) is 18.3 Å². The lowest BCUT2D eigenvalue weighted by atomic mass is 10.2. The predicted molar refractivity (Wildman–Crippen MR) is 111 cm³/mol. The van der Waals surface area contributed by atoms with Crippen LogP contribution < -0.4 is 9.62 Å². The second-order valence-electron chi connectivity index (χ2n) is 6.74. The highest BCUT2D eigenvalue weighted by atomic mass is 32.2. The molecule has 3 aromatic rings. The fourth-order valence-corrected chi connectivity index (χ4v) is 4.17. The van der Waals surface area contributed by atoms with Gasteiger partial charge in [0.25, 0.3) is 15.9 Å². The molecular formula is C20H22N4O4S. The standard InChI is InChI=1S/C20H22N4O4S/c1-13-5-8-16(9-6-13)29(27,28)24(4)20-17(12-21-23(20)3)19(26)22-18-10-7-15(25)11-14(18)2/h5-12,25H,1-4H3,(H,22,26). The van der Waals surface area contributed by atoms with E-state index in [1.807, 2.05) is 6.92 Å². The number of anilines is 2. The molecule has 0 aliphatic heterocycles. The number of nitrogens with one attached hydrogen (secondary N) is 1. The van der Waals surface area contributed by atoms with Gasteiger partial charge in [-0.1, -0.05) is 17.7 Å². The van der Waals surface area contributed by atoms with E-state index in [2.05, 4.69) is 10.4 Å². The van der Waals surface area contributed by atoms with Gasteiger partial charge in [-0.2, -0.15) is 5.10 Å². The van der Waals surface area contributed by atoms with Crippen molar-refractivity contribution in [3.8, 4) is 5.75 Å². The zero-order chi connectivity index (χ0) is 21.3. The Morgan fingerprint density at radius 3 is 2.41 bits per heavy atom. The molecule has 1 amide bonds. The number of amides is 1. The van der Waals surface area contributed by atoms with Crippen LogP contribution in [0.3, 0.4) is 0 Å². The maximum absolute atomic E-state index is 13.0. The lowest BCUT2D eigenvalue weighted by Gasteiger charge is -2.21. The van der Waals surface area contributed by atoms with Crippen molar-refractivity contribution in [2.45, 2.75) is 18.7 Å². The first-order valence-corrected chi connectivity index (χ1v) is 10.2. The molecule has 0 unspecified atom stereocenters.